The van der Waals surface area contributed by atoms with Crippen LogP contribution in [0, 0.1) is 19.7 Å². The first-order valence-corrected chi connectivity index (χ1v) is 10.3. The van der Waals surface area contributed by atoms with E-state index in [-0.39, 0.29) is 30.3 Å². The van der Waals surface area contributed by atoms with Gasteiger partial charge in [-0.2, -0.15) is 0 Å². The maximum atomic E-state index is 14.1. The Morgan fingerprint density at radius 3 is 2.71 bits per heavy atom. The molecule has 0 aliphatic carbocycles. The van der Waals surface area contributed by atoms with Crippen molar-refractivity contribution >= 4 is 22.8 Å². The second kappa shape index (κ2) is 8.51. The molecule has 1 amide bonds. The summed E-state index contributed by atoms with van der Waals surface area (Å²) in [6, 6.07) is 11.4. The fraction of sp³-hybridized carbons (Fsp3) is 0.333. The molecule has 4 rings (SSSR count). The minimum Gasteiger partial charge on any atom is -0.468 e. The predicted octanol–water partition coefficient (Wildman–Crippen LogP) is 3.47. The maximum Gasteiger partial charge on any atom is 0.323 e. The van der Waals surface area contributed by atoms with Crippen LogP contribution in [0.5, 0.6) is 0 Å². The number of aryl methyl sites for hydroxylation is 2. The van der Waals surface area contributed by atoms with Crippen molar-refractivity contribution in [1.29, 1.82) is 0 Å². The molecule has 1 aliphatic heterocycles. The Hall–Kier alpha value is -3.19. The topological polar surface area (TPSA) is 74.4 Å². The fourth-order valence-electron chi connectivity index (χ4n) is 4.34. The molecule has 2 N–H and O–H groups in total. The fourth-order valence-corrected chi connectivity index (χ4v) is 4.34. The number of nitrogens with one attached hydrogen (secondary N) is 2. The zero-order valence-electron chi connectivity index (χ0n) is 17.9. The van der Waals surface area contributed by atoms with Gasteiger partial charge in [0.2, 0.25) is 0 Å². The Balaban J connectivity index is 1.54. The number of aromatic amines is 1. The van der Waals surface area contributed by atoms with Crippen molar-refractivity contribution in [3.8, 4) is 0 Å². The smallest absolute Gasteiger partial charge is 0.323 e. The number of methoxy groups -OCH3 is 1. The van der Waals surface area contributed by atoms with Crippen LogP contribution in [0.3, 0.4) is 0 Å². The normalized spacial score (nSPS) is 19.0. The molecule has 1 saturated heterocycles. The number of hydrogen-bond donors (Lipinski definition) is 2. The number of fused-ring (bicyclic) bond motifs is 1. The van der Waals surface area contributed by atoms with Crippen LogP contribution in [-0.2, 0) is 16.1 Å². The second-order valence-corrected chi connectivity index (χ2v) is 8.07. The summed E-state index contributed by atoms with van der Waals surface area (Å²) in [5, 5.41) is 4.07. The van der Waals surface area contributed by atoms with Crippen molar-refractivity contribution in [2.75, 3.05) is 13.7 Å². The van der Waals surface area contributed by atoms with Crippen molar-refractivity contribution in [3.05, 3.63) is 70.7 Å². The molecular weight excluding hydrogens is 397 g/mol. The van der Waals surface area contributed by atoms with Crippen molar-refractivity contribution in [2.45, 2.75) is 38.9 Å². The van der Waals surface area contributed by atoms with Gasteiger partial charge in [-0.25, -0.2) is 4.39 Å². The molecule has 2 atom stereocenters. The van der Waals surface area contributed by atoms with Crippen LogP contribution < -0.4 is 5.32 Å². The van der Waals surface area contributed by atoms with E-state index in [1.807, 2.05) is 30.9 Å². The number of rotatable bonds is 5. The molecule has 7 heteroatoms. The summed E-state index contributed by atoms with van der Waals surface area (Å²) in [6.45, 7) is 4.70. The molecule has 2 heterocycles. The van der Waals surface area contributed by atoms with E-state index in [0.29, 0.717) is 24.1 Å². The Bertz CT molecular complexity index is 1140. The number of para-hydroxylation sites is 1. The number of aromatic nitrogens is 1. The van der Waals surface area contributed by atoms with Gasteiger partial charge in [0, 0.05) is 35.8 Å². The van der Waals surface area contributed by atoms with E-state index < -0.39 is 6.04 Å². The predicted molar refractivity (Wildman–Crippen MR) is 116 cm³/mol. The number of amides is 1. The lowest BCUT2D eigenvalue weighted by atomic mass is 10.1. The van der Waals surface area contributed by atoms with E-state index in [2.05, 4.69) is 10.3 Å². The number of likely N-dealkylation sites (tertiary alicyclic amines) is 1. The average Bonchev–Trinajstić information content (AvgIpc) is 3.29. The number of ether oxygens (including phenoxy) is 1. The Kier molecular flexibility index (Phi) is 5.78. The number of halogens is 1. The highest BCUT2D eigenvalue weighted by Crippen LogP contribution is 2.26. The highest BCUT2D eigenvalue weighted by molar-refractivity contribution is 6.06. The SMILES string of the molecule is COC(=O)[C@@H]1C[C@@H](NC(=O)c2cccc3c(C)c(C)[nH]c23)CN1Cc1ccccc1F. The zero-order chi connectivity index (χ0) is 22.1. The second-order valence-electron chi connectivity index (χ2n) is 8.07. The summed E-state index contributed by atoms with van der Waals surface area (Å²) in [6.07, 6.45) is 0.408. The number of hydrogen-bond acceptors (Lipinski definition) is 4. The molecule has 0 spiro atoms. The minimum absolute atomic E-state index is 0.201. The van der Waals surface area contributed by atoms with Gasteiger partial charge in [0.25, 0.3) is 5.91 Å². The van der Waals surface area contributed by atoms with Crippen molar-refractivity contribution in [1.82, 2.24) is 15.2 Å². The number of esters is 1. The number of carbonyl (C=O) groups excluding carboxylic acids is 2. The summed E-state index contributed by atoms with van der Waals surface area (Å²) >= 11 is 0. The van der Waals surface area contributed by atoms with Crippen LogP contribution in [0.4, 0.5) is 4.39 Å². The Morgan fingerprint density at radius 1 is 1.19 bits per heavy atom. The number of carbonyl (C=O) groups is 2. The Morgan fingerprint density at radius 2 is 1.97 bits per heavy atom. The first-order chi connectivity index (χ1) is 14.9. The number of benzene rings is 2. The molecule has 1 aliphatic rings. The van der Waals surface area contributed by atoms with Crippen LogP contribution in [-0.4, -0.2) is 47.5 Å². The molecule has 1 aromatic heterocycles. The van der Waals surface area contributed by atoms with Crippen LogP contribution in [0.2, 0.25) is 0 Å². The lowest BCUT2D eigenvalue weighted by molar-refractivity contribution is -0.146. The molecule has 0 bridgehead atoms. The molecule has 0 unspecified atom stereocenters. The van der Waals surface area contributed by atoms with Gasteiger partial charge < -0.3 is 15.0 Å². The van der Waals surface area contributed by atoms with Gasteiger partial charge in [0.15, 0.2) is 0 Å². The minimum atomic E-state index is -0.541. The van der Waals surface area contributed by atoms with E-state index in [1.54, 1.807) is 24.3 Å². The van der Waals surface area contributed by atoms with E-state index in [9.17, 15) is 14.0 Å². The molecule has 0 saturated carbocycles. The largest absolute Gasteiger partial charge is 0.468 e. The van der Waals surface area contributed by atoms with Gasteiger partial charge in [-0.1, -0.05) is 30.3 Å². The molecule has 162 valence electrons. The molecule has 1 fully saturated rings. The van der Waals surface area contributed by atoms with Crippen molar-refractivity contribution in [2.24, 2.45) is 0 Å². The van der Waals surface area contributed by atoms with Gasteiger partial charge in [0.1, 0.15) is 11.9 Å². The summed E-state index contributed by atoms with van der Waals surface area (Å²) in [5.41, 5.74) is 4.02. The zero-order valence-corrected chi connectivity index (χ0v) is 17.9. The van der Waals surface area contributed by atoms with Gasteiger partial charge in [-0.3, -0.25) is 14.5 Å². The van der Waals surface area contributed by atoms with E-state index >= 15 is 0 Å². The third kappa shape index (κ3) is 4.05. The Labute approximate surface area is 180 Å². The highest BCUT2D eigenvalue weighted by atomic mass is 19.1. The summed E-state index contributed by atoms with van der Waals surface area (Å²) in [5.74, 6) is -0.901. The first kappa shape index (κ1) is 21.1. The van der Waals surface area contributed by atoms with E-state index in [4.69, 9.17) is 4.74 Å². The molecule has 31 heavy (non-hydrogen) atoms. The molecular formula is C24H26FN3O3. The van der Waals surface area contributed by atoms with Crippen molar-refractivity contribution in [3.63, 3.8) is 0 Å². The van der Waals surface area contributed by atoms with Crippen LogP contribution in [0.25, 0.3) is 10.9 Å². The number of H-pyrrole nitrogens is 1. The van der Waals surface area contributed by atoms with Gasteiger partial charge >= 0.3 is 5.97 Å². The van der Waals surface area contributed by atoms with Gasteiger partial charge in [0.05, 0.1) is 18.2 Å². The van der Waals surface area contributed by atoms with E-state index in [0.717, 1.165) is 22.2 Å². The third-order valence-electron chi connectivity index (χ3n) is 6.13. The number of nitrogens with zero attached hydrogens (tertiary/aromatic N) is 1. The molecule has 0 radical (unpaired) electrons. The van der Waals surface area contributed by atoms with Crippen LogP contribution >= 0.6 is 0 Å². The molecule has 6 nitrogen and oxygen atoms in total. The summed E-state index contributed by atoms with van der Waals surface area (Å²) in [4.78, 5) is 30.6. The monoisotopic (exact) mass is 423 g/mol. The van der Waals surface area contributed by atoms with Crippen LogP contribution in [0.1, 0.15) is 33.6 Å². The first-order valence-electron chi connectivity index (χ1n) is 10.3. The van der Waals surface area contributed by atoms with Crippen molar-refractivity contribution < 1.29 is 18.7 Å². The lowest BCUT2D eigenvalue weighted by Crippen LogP contribution is -2.38. The van der Waals surface area contributed by atoms with Gasteiger partial charge in [-0.05, 0) is 38.0 Å². The molecule has 2 aromatic carbocycles. The van der Waals surface area contributed by atoms with Crippen LogP contribution in [0.15, 0.2) is 42.5 Å². The summed E-state index contributed by atoms with van der Waals surface area (Å²) < 4.78 is 19.1. The van der Waals surface area contributed by atoms with E-state index in [1.165, 1.54) is 13.2 Å². The highest BCUT2D eigenvalue weighted by Gasteiger charge is 2.38. The lowest BCUT2D eigenvalue weighted by Gasteiger charge is -2.22. The van der Waals surface area contributed by atoms with Gasteiger partial charge in [-0.15, -0.1) is 0 Å². The summed E-state index contributed by atoms with van der Waals surface area (Å²) in [7, 11) is 1.34. The average molecular weight is 423 g/mol. The third-order valence-corrected chi connectivity index (χ3v) is 6.13. The maximum absolute atomic E-state index is 14.1. The molecule has 3 aromatic rings. The standard InChI is InChI=1S/C24H26FN3O3/c1-14-15(2)26-22-18(14)8-6-9-19(22)23(29)27-17-11-21(24(30)31-3)28(13-17)12-16-7-4-5-10-20(16)25/h4-10,17,21,26H,11-13H2,1-3H3,(H,27,29)/t17-,21+/m1/s1. The quantitative estimate of drug-likeness (QED) is 0.617.